The Morgan fingerprint density at radius 2 is 2.21 bits per heavy atom. The fourth-order valence-electron chi connectivity index (χ4n) is 3.41. The van der Waals surface area contributed by atoms with Gasteiger partial charge >= 0.3 is 0 Å². The van der Waals surface area contributed by atoms with Crippen molar-refractivity contribution in [1.29, 1.82) is 0 Å². The number of pyridine rings is 1. The van der Waals surface area contributed by atoms with Gasteiger partial charge in [0.2, 0.25) is 0 Å². The number of aromatic nitrogens is 1. The molecule has 3 heteroatoms. The summed E-state index contributed by atoms with van der Waals surface area (Å²) >= 11 is 0. The maximum absolute atomic E-state index is 6.25. The zero-order chi connectivity index (χ0) is 13.9. The highest BCUT2D eigenvalue weighted by molar-refractivity contribution is 5.07. The van der Waals surface area contributed by atoms with Crippen LogP contribution in [-0.2, 0) is 4.74 Å². The Labute approximate surface area is 116 Å². The first-order valence-corrected chi connectivity index (χ1v) is 7.26. The molecule has 1 aromatic rings. The minimum Gasteiger partial charge on any atom is -0.367 e. The summed E-state index contributed by atoms with van der Waals surface area (Å²) in [5.74, 6) is 0.718. The zero-order valence-corrected chi connectivity index (χ0v) is 12.3. The Kier molecular flexibility index (Phi) is 4.58. The zero-order valence-electron chi connectivity index (χ0n) is 12.3. The summed E-state index contributed by atoms with van der Waals surface area (Å²) in [4.78, 5) is 4.37. The molecule has 1 aromatic heterocycles. The van der Waals surface area contributed by atoms with Crippen molar-refractivity contribution in [3.63, 3.8) is 0 Å². The monoisotopic (exact) mass is 262 g/mol. The van der Waals surface area contributed by atoms with Crippen LogP contribution in [-0.4, -0.2) is 17.6 Å². The molecular weight excluding hydrogens is 236 g/mol. The first kappa shape index (κ1) is 14.5. The van der Waals surface area contributed by atoms with Gasteiger partial charge in [-0.1, -0.05) is 26.8 Å². The molecule has 1 saturated carbocycles. The Morgan fingerprint density at radius 3 is 2.79 bits per heavy atom. The third kappa shape index (κ3) is 4.02. The molecule has 3 nitrogen and oxygen atoms in total. The number of hydrogen-bond donors (Lipinski definition) is 1. The van der Waals surface area contributed by atoms with Crippen LogP contribution in [0.1, 0.15) is 51.8 Å². The molecule has 3 atom stereocenters. The van der Waals surface area contributed by atoms with Crippen LogP contribution < -0.4 is 5.73 Å². The minimum absolute atomic E-state index is 0.0766. The molecule has 0 bridgehead atoms. The first-order chi connectivity index (χ1) is 9.00. The summed E-state index contributed by atoms with van der Waals surface area (Å²) in [6.45, 7) is 7.46. The van der Waals surface area contributed by atoms with Crippen molar-refractivity contribution >= 4 is 0 Å². The maximum atomic E-state index is 6.25. The molecule has 106 valence electrons. The molecule has 0 aromatic carbocycles. The minimum atomic E-state index is -0.0766. The lowest BCUT2D eigenvalue weighted by Crippen LogP contribution is -2.34. The second-order valence-electron chi connectivity index (χ2n) is 6.65. The molecule has 1 fully saturated rings. The number of nitrogens with two attached hydrogens (primary N) is 1. The van der Waals surface area contributed by atoms with Gasteiger partial charge in [-0.3, -0.25) is 4.98 Å². The molecule has 1 heterocycles. The van der Waals surface area contributed by atoms with Crippen molar-refractivity contribution in [3.8, 4) is 0 Å². The normalized spacial score (nSPS) is 28.0. The van der Waals surface area contributed by atoms with E-state index >= 15 is 0 Å². The lowest BCUT2D eigenvalue weighted by Gasteiger charge is -2.40. The molecule has 0 saturated heterocycles. The van der Waals surface area contributed by atoms with E-state index < -0.39 is 0 Å². The molecule has 19 heavy (non-hydrogen) atoms. The summed E-state index contributed by atoms with van der Waals surface area (Å²) in [6.07, 6.45) is 5.55. The van der Waals surface area contributed by atoms with Crippen LogP contribution in [0.2, 0.25) is 0 Å². The van der Waals surface area contributed by atoms with Gasteiger partial charge in [-0.05, 0) is 42.7 Å². The molecule has 0 amide bonds. The van der Waals surface area contributed by atoms with E-state index in [0.717, 1.165) is 24.5 Å². The van der Waals surface area contributed by atoms with Crippen molar-refractivity contribution in [2.75, 3.05) is 6.54 Å². The molecule has 2 N–H and O–H groups in total. The third-order valence-corrected chi connectivity index (χ3v) is 3.94. The van der Waals surface area contributed by atoms with Crippen LogP contribution >= 0.6 is 0 Å². The summed E-state index contributed by atoms with van der Waals surface area (Å²) in [7, 11) is 0. The van der Waals surface area contributed by atoms with Gasteiger partial charge in [0, 0.05) is 12.7 Å². The molecule has 0 aliphatic heterocycles. The van der Waals surface area contributed by atoms with Gasteiger partial charge < -0.3 is 10.5 Å². The topological polar surface area (TPSA) is 48.1 Å². The van der Waals surface area contributed by atoms with Crippen molar-refractivity contribution in [1.82, 2.24) is 4.98 Å². The molecule has 3 unspecified atom stereocenters. The predicted molar refractivity (Wildman–Crippen MR) is 77.7 cm³/mol. The fraction of sp³-hybridized carbons (Fsp3) is 0.688. The largest absolute Gasteiger partial charge is 0.367 e. The van der Waals surface area contributed by atoms with Gasteiger partial charge in [-0.15, -0.1) is 0 Å². The fourth-order valence-corrected chi connectivity index (χ4v) is 3.41. The van der Waals surface area contributed by atoms with Gasteiger partial charge in [0.25, 0.3) is 0 Å². The number of rotatable bonds is 4. The van der Waals surface area contributed by atoms with Crippen molar-refractivity contribution in [3.05, 3.63) is 30.1 Å². The Balaban J connectivity index is 2.02. The standard InChI is InChI=1S/C16H26N2O/c1-12-8-13(10-16(2,3)9-12)19-15(11-17)14-6-4-5-7-18-14/h4-7,12-13,15H,8-11,17H2,1-3H3. The van der Waals surface area contributed by atoms with Crippen LogP contribution in [0.5, 0.6) is 0 Å². The van der Waals surface area contributed by atoms with E-state index in [1.807, 2.05) is 18.2 Å². The molecule has 1 aliphatic carbocycles. The summed E-state index contributed by atoms with van der Waals surface area (Å²) in [5.41, 5.74) is 7.17. The highest BCUT2D eigenvalue weighted by atomic mass is 16.5. The summed E-state index contributed by atoms with van der Waals surface area (Å²) < 4.78 is 6.25. The average Bonchev–Trinajstić information content (AvgIpc) is 2.34. The second kappa shape index (κ2) is 6.02. The molecule has 2 rings (SSSR count). The smallest absolute Gasteiger partial charge is 0.112 e. The summed E-state index contributed by atoms with van der Waals surface area (Å²) in [6, 6.07) is 5.90. The number of ether oxygens (including phenoxy) is 1. The lowest BCUT2D eigenvalue weighted by atomic mass is 9.71. The van der Waals surface area contributed by atoms with E-state index in [1.54, 1.807) is 6.20 Å². The highest BCUT2D eigenvalue weighted by Crippen LogP contribution is 2.40. The first-order valence-electron chi connectivity index (χ1n) is 7.26. The molecular formula is C16H26N2O. The van der Waals surface area contributed by atoms with Gasteiger partial charge in [-0.2, -0.15) is 0 Å². The van der Waals surface area contributed by atoms with Crippen LogP contribution in [0.15, 0.2) is 24.4 Å². The number of hydrogen-bond acceptors (Lipinski definition) is 3. The van der Waals surface area contributed by atoms with E-state index in [1.165, 1.54) is 6.42 Å². The SMILES string of the molecule is CC1CC(OC(CN)c2ccccn2)CC(C)(C)C1. The van der Waals surface area contributed by atoms with Gasteiger partial charge in [-0.25, -0.2) is 0 Å². The van der Waals surface area contributed by atoms with Crippen LogP contribution in [0, 0.1) is 11.3 Å². The Bertz CT molecular complexity index is 391. The molecule has 1 aliphatic rings. The van der Waals surface area contributed by atoms with Gasteiger partial charge in [0.15, 0.2) is 0 Å². The predicted octanol–water partition coefficient (Wildman–Crippen LogP) is 3.31. The van der Waals surface area contributed by atoms with E-state index in [2.05, 4.69) is 25.8 Å². The Hall–Kier alpha value is -0.930. The van der Waals surface area contributed by atoms with Crippen LogP contribution in [0.3, 0.4) is 0 Å². The van der Waals surface area contributed by atoms with Gasteiger partial charge in [0.05, 0.1) is 11.8 Å². The van der Waals surface area contributed by atoms with E-state index in [4.69, 9.17) is 10.5 Å². The van der Waals surface area contributed by atoms with Crippen molar-refractivity contribution in [2.45, 2.75) is 52.2 Å². The Morgan fingerprint density at radius 1 is 1.42 bits per heavy atom. The quantitative estimate of drug-likeness (QED) is 0.905. The van der Waals surface area contributed by atoms with E-state index in [0.29, 0.717) is 18.1 Å². The number of nitrogens with zero attached hydrogens (tertiary/aromatic N) is 1. The van der Waals surface area contributed by atoms with E-state index in [9.17, 15) is 0 Å². The van der Waals surface area contributed by atoms with E-state index in [-0.39, 0.29) is 6.10 Å². The van der Waals surface area contributed by atoms with Crippen LogP contribution in [0.4, 0.5) is 0 Å². The molecule has 0 spiro atoms. The summed E-state index contributed by atoms with van der Waals surface area (Å²) in [5, 5.41) is 0. The van der Waals surface area contributed by atoms with Gasteiger partial charge in [0.1, 0.15) is 6.10 Å². The van der Waals surface area contributed by atoms with Crippen molar-refractivity contribution in [2.24, 2.45) is 17.1 Å². The highest BCUT2D eigenvalue weighted by Gasteiger charge is 2.33. The average molecular weight is 262 g/mol. The van der Waals surface area contributed by atoms with Crippen LogP contribution in [0.25, 0.3) is 0 Å². The maximum Gasteiger partial charge on any atom is 0.112 e. The molecule has 0 radical (unpaired) electrons. The lowest BCUT2D eigenvalue weighted by molar-refractivity contribution is -0.0649. The van der Waals surface area contributed by atoms with Crippen molar-refractivity contribution < 1.29 is 4.74 Å². The third-order valence-electron chi connectivity index (χ3n) is 3.94. The second-order valence-corrected chi connectivity index (χ2v) is 6.65.